The van der Waals surface area contributed by atoms with Crippen LogP contribution in [-0.2, 0) is 11.2 Å². The van der Waals surface area contributed by atoms with Crippen molar-refractivity contribution in [2.24, 2.45) is 0 Å². The van der Waals surface area contributed by atoms with Gasteiger partial charge in [0.05, 0.1) is 12.2 Å². The van der Waals surface area contributed by atoms with Gasteiger partial charge in [-0.25, -0.2) is 0 Å². The zero-order chi connectivity index (χ0) is 11.4. The average molecular weight is 219 g/mol. The maximum Gasteiger partial charge on any atom is 0.0678 e. The molecule has 1 aliphatic rings. The molecule has 1 heterocycles. The van der Waals surface area contributed by atoms with Crippen LogP contribution in [0.4, 0.5) is 0 Å². The van der Waals surface area contributed by atoms with Crippen LogP contribution in [0.3, 0.4) is 0 Å². The second kappa shape index (κ2) is 5.46. The number of morpholine rings is 1. The smallest absolute Gasteiger partial charge is 0.0678 e. The molecular weight excluding hydrogens is 198 g/mol. The van der Waals surface area contributed by atoms with Crippen LogP contribution < -0.4 is 0 Å². The first-order chi connectivity index (χ1) is 7.74. The van der Waals surface area contributed by atoms with Crippen molar-refractivity contribution < 1.29 is 4.74 Å². The molecule has 1 saturated heterocycles. The minimum Gasteiger partial charge on any atom is -0.373 e. The average Bonchev–Trinajstić information content (AvgIpc) is 2.27. The third-order valence-corrected chi connectivity index (χ3v) is 3.05. The maximum atomic E-state index is 5.73. The Bertz CT molecular complexity index is 302. The molecule has 1 aliphatic heterocycles. The fourth-order valence-electron chi connectivity index (χ4n) is 2.40. The summed E-state index contributed by atoms with van der Waals surface area (Å²) in [5.41, 5.74) is 1.43. The van der Waals surface area contributed by atoms with Gasteiger partial charge in [-0.2, -0.15) is 0 Å². The fraction of sp³-hybridized carbons (Fsp3) is 0.571. The summed E-state index contributed by atoms with van der Waals surface area (Å²) in [7, 11) is 0. The van der Waals surface area contributed by atoms with Gasteiger partial charge < -0.3 is 4.74 Å². The number of hydrogen-bond acceptors (Lipinski definition) is 2. The van der Waals surface area contributed by atoms with E-state index in [9.17, 15) is 0 Å². The first-order valence-electron chi connectivity index (χ1n) is 6.16. The molecule has 2 heteroatoms. The summed E-state index contributed by atoms with van der Waals surface area (Å²) in [4.78, 5) is 2.51. The molecule has 0 bridgehead atoms. The first-order valence-corrected chi connectivity index (χ1v) is 6.16. The van der Waals surface area contributed by atoms with E-state index in [0.717, 1.165) is 26.1 Å². The lowest BCUT2D eigenvalue weighted by Gasteiger charge is -2.35. The molecule has 2 rings (SSSR count). The molecule has 2 atom stereocenters. The Morgan fingerprint density at radius 3 is 2.38 bits per heavy atom. The van der Waals surface area contributed by atoms with Gasteiger partial charge in [0.1, 0.15) is 0 Å². The second-order valence-electron chi connectivity index (χ2n) is 4.75. The summed E-state index contributed by atoms with van der Waals surface area (Å²) in [5.74, 6) is 0. The van der Waals surface area contributed by atoms with Crippen molar-refractivity contribution in [3.05, 3.63) is 35.9 Å². The summed E-state index contributed by atoms with van der Waals surface area (Å²) >= 11 is 0. The van der Waals surface area contributed by atoms with Crippen LogP contribution >= 0.6 is 0 Å². The maximum absolute atomic E-state index is 5.73. The van der Waals surface area contributed by atoms with Crippen LogP contribution in [0.2, 0.25) is 0 Å². The molecule has 0 aromatic heterocycles. The highest BCUT2D eigenvalue weighted by molar-refractivity contribution is 5.14. The van der Waals surface area contributed by atoms with Gasteiger partial charge in [-0.3, -0.25) is 4.90 Å². The third kappa shape index (κ3) is 3.32. The van der Waals surface area contributed by atoms with Crippen LogP contribution in [0.15, 0.2) is 30.3 Å². The summed E-state index contributed by atoms with van der Waals surface area (Å²) in [6, 6.07) is 10.7. The lowest BCUT2D eigenvalue weighted by atomic mass is 10.1. The molecule has 1 fully saturated rings. The van der Waals surface area contributed by atoms with Crippen LogP contribution in [-0.4, -0.2) is 36.7 Å². The molecular formula is C14H21NO. The first kappa shape index (κ1) is 11.6. The Kier molecular flexibility index (Phi) is 3.97. The van der Waals surface area contributed by atoms with E-state index in [1.807, 2.05) is 0 Å². The molecule has 0 amide bonds. The summed E-state index contributed by atoms with van der Waals surface area (Å²) in [6.07, 6.45) is 1.89. The standard InChI is InChI=1S/C14H21NO/c1-12-10-15(11-13(2)16-12)9-8-14-6-4-3-5-7-14/h3-7,12-13H,8-11H2,1-2H3/t12-,13-/m1/s1. The monoisotopic (exact) mass is 219 g/mol. The topological polar surface area (TPSA) is 12.5 Å². The van der Waals surface area contributed by atoms with E-state index in [0.29, 0.717) is 12.2 Å². The van der Waals surface area contributed by atoms with Crippen molar-refractivity contribution in [1.82, 2.24) is 4.90 Å². The van der Waals surface area contributed by atoms with Crippen LogP contribution in [0.5, 0.6) is 0 Å². The predicted octanol–water partition coefficient (Wildman–Crippen LogP) is 2.34. The predicted molar refractivity (Wildman–Crippen MR) is 66.6 cm³/mol. The van der Waals surface area contributed by atoms with Gasteiger partial charge in [0.15, 0.2) is 0 Å². The van der Waals surface area contributed by atoms with Gasteiger partial charge in [0, 0.05) is 19.6 Å². The van der Waals surface area contributed by atoms with Crippen LogP contribution in [0, 0.1) is 0 Å². The Labute approximate surface area is 98.2 Å². The van der Waals surface area contributed by atoms with E-state index in [4.69, 9.17) is 4.74 Å². The van der Waals surface area contributed by atoms with E-state index < -0.39 is 0 Å². The van der Waals surface area contributed by atoms with E-state index in [-0.39, 0.29) is 0 Å². The Balaban J connectivity index is 1.81. The molecule has 88 valence electrons. The Hall–Kier alpha value is -0.860. The molecule has 0 spiro atoms. The molecule has 0 saturated carbocycles. The minimum absolute atomic E-state index is 0.375. The number of hydrogen-bond donors (Lipinski definition) is 0. The zero-order valence-corrected chi connectivity index (χ0v) is 10.2. The van der Waals surface area contributed by atoms with Crippen molar-refractivity contribution in [1.29, 1.82) is 0 Å². The number of benzene rings is 1. The molecule has 2 nitrogen and oxygen atoms in total. The van der Waals surface area contributed by atoms with Gasteiger partial charge in [0.25, 0.3) is 0 Å². The molecule has 0 aliphatic carbocycles. The normalized spacial score (nSPS) is 26.9. The van der Waals surface area contributed by atoms with E-state index in [1.165, 1.54) is 5.56 Å². The summed E-state index contributed by atoms with van der Waals surface area (Å²) in [5, 5.41) is 0. The third-order valence-electron chi connectivity index (χ3n) is 3.05. The van der Waals surface area contributed by atoms with Gasteiger partial charge in [-0.1, -0.05) is 30.3 Å². The highest BCUT2D eigenvalue weighted by Crippen LogP contribution is 2.11. The number of nitrogens with zero attached hydrogens (tertiary/aromatic N) is 1. The fourth-order valence-corrected chi connectivity index (χ4v) is 2.40. The summed E-state index contributed by atoms with van der Waals surface area (Å²) in [6.45, 7) is 7.59. The van der Waals surface area contributed by atoms with Crippen LogP contribution in [0.1, 0.15) is 19.4 Å². The zero-order valence-electron chi connectivity index (χ0n) is 10.2. The minimum atomic E-state index is 0.375. The molecule has 0 N–H and O–H groups in total. The molecule has 1 aromatic rings. The van der Waals surface area contributed by atoms with Gasteiger partial charge >= 0.3 is 0 Å². The highest BCUT2D eigenvalue weighted by Gasteiger charge is 2.21. The van der Waals surface area contributed by atoms with Crippen LogP contribution in [0.25, 0.3) is 0 Å². The van der Waals surface area contributed by atoms with E-state index >= 15 is 0 Å². The highest BCUT2D eigenvalue weighted by atomic mass is 16.5. The van der Waals surface area contributed by atoms with Crippen molar-refractivity contribution >= 4 is 0 Å². The van der Waals surface area contributed by atoms with E-state index in [2.05, 4.69) is 49.1 Å². The van der Waals surface area contributed by atoms with Crippen molar-refractivity contribution in [2.75, 3.05) is 19.6 Å². The Morgan fingerprint density at radius 2 is 1.75 bits per heavy atom. The van der Waals surface area contributed by atoms with Crippen molar-refractivity contribution in [3.8, 4) is 0 Å². The lowest BCUT2D eigenvalue weighted by molar-refractivity contribution is -0.0675. The molecule has 16 heavy (non-hydrogen) atoms. The largest absolute Gasteiger partial charge is 0.373 e. The quantitative estimate of drug-likeness (QED) is 0.773. The van der Waals surface area contributed by atoms with Gasteiger partial charge in [-0.05, 0) is 25.8 Å². The molecule has 0 radical (unpaired) electrons. The van der Waals surface area contributed by atoms with Crippen molar-refractivity contribution in [2.45, 2.75) is 32.5 Å². The SMILES string of the molecule is C[C@@H]1CN(CCc2ccccc2)C[C@@H](C)O1. The number of rotatable bonds is 3. The van der Waals surface area contributed by atoms with E-state index in [1.54, 1.807) is 0 Å². The lowest BCUT2D eigenvalue weighted by Crippen LogP contribution is -2.46. The van der Waals surface area contributed by atoms with Gasteiger partial charge in [0.2, 0.25) is 0 Å². The Morgan fingerprint density at radius 1 is 1.12 bits per heavy atom. The van der Waals surface area contributed by atoms with Crippen molar-refractivity contribution in [3.63, 3.8) is 0 Å². The molecule has 1 aromatic carbocycles. The second-order valence-corrected chi connectivity index (χ2v) is 4.75. The summed E-state index contributed by atoms with van der Waals surface area (Å²) < 4.78 is 5.73. The molecule has 0 unspecified atom stereocenters. The van der Waals surface area contributed by atoms with Gasteiger partial charge in [-0.15, -0.1) is 0 Å². The number of ether oxygens (including phenoxy) is 1.